The zero-order valence-electron chi connectivity index (χ0n) is 16.1. The molecule has 0 saturated carbocycles. The van der Waals surface area contributed by atoms with Crippen LogP contribution in [0.25, 0.3) is 0 Å². The molecule has 1 aromatic heterocycles. The van der Waals surface area contributed by atoms with E-state index in [9.17, 15) is 13.2 Å². The maximum atomic E-state index is 12.3. The molecule has 2 N–H and O–H groups in total. The first kappa shape index (κ1) is 20.6. The first-order chi connectivity index (χ1) is 13.8. The van der Waals surface area contributed by atoms with Crippen LogP contribution in [-0.4, -0.2) is 20.9 Å². The molecule has 0 aliphatic carbocycles. The summed E-state index contributed by atoms with van der Waals surface area (Å²) in [5, 5.41) is 2.68. The van der Waals surface area contributed by atoms with E-state index in [0.717, 1.165) is 11.1 Å². The van der Waals surface area contributed by atoms with Crippen molar-refractivity contribution in [1.29, 1.82) is 0 Å². The van der Waals surface area contributed by atoms with E-state index in [0.29, 0.717) is 17.2 Å². The van der Waals surface area contributed by atoms with Crippen molar-refractivity contribution in [3.05, 3.63) is 77.7 Å². The summed E-state index contributed by atoms with van der Waals surface area (Å²) in [6.07, 6.45) is 1.48. The average Bonchev–Trinajstić information content (AvgIpc) is 3.20. The Bertz CT molecular complexity index is 1070. The summed E-state index contributed by atoms with van der Waals surface area (Å²) in [6, 6.07) is 15.0. The Labute approximate surface area is 169 Å². The van der Waals surface area contributed by atoms with Gasteiger partial charge in [-0.15, -0.1) is 0 Å². The van der Waals surface area contributed by atoms with E-state index in [1.54, 1.807) is 12.1 Å². The summed E-state index contributed by atoms with van der Waals surface area (Å²) in [5.41, 5.74) is 2.55. The lowest BCUT2D eigenvalue weighted by Crippen LogP contribution is -2.23. The molecule has 2 aromatic carbocycles. The van der Waals surface area contributed by atoms with Crippen LogP contribution < -0.4 is 14.8 Å². The lowest BCUT2D eigenvalue weighted by Gasteiger charge is -2.11. The number of aryl methyl sites for hydroxylation is 2. The van der Waals surface area contributed by atoms with Crippen LogP contribution in [0.2, 0.25) is 0 Å². The van der Waals surface area contributed by atoms with Crippen LogP contribution >= 0.6 is 0 Å². The van der Waals surface area contributed by atoms with Crippen LogP contribution in [0.3, 0.4) is 0 Å². The van der Waals surface area contributed by atoms with Gasteiger partial charge in [-0.05, 0) is 61.9 Å². The van der Waals surface area contributed by atoms with Gasteiger partial charge in [0.25, 0.3) is 5.91 Å². The second-order valence-electron chi connectivity index (χ2n) is 6.53. The molecule has 8 heteroatoms. The topological polar surface area (TPSA) is 97.6 Å². The number of anilines is 1. The fourth-order valence-corrected chi connectivity index (χ4v) is 3.68. The molecular formula is C21H22N2O5S. The number of carbonyl (C=O) groups excluding carboxylic acids is 1. The molecule has 1 heterocycles. The van der Waals surface area contributed by atoms with Gasteiger partial charge in [-0.2, -0.15) is 0 Å². The summed E-state index contributed by atoms with van der Waals surface area (Å²) in [5.74, 6) is 0.827. The van der Waals surface area contributed by atoms with Crippen LogP contribution in [0, 0.1) is 13.8 Å². The Morgan fingerprint density at radius 3 is 2.48 bits per heavy atom. The third kappa shape index (κ3) is 5.69. The fraction of sp³-hybridized carbons (Fsp3) is 0.190. The van der Waals surface area contributed by atoms with Gasteiger partial charge in [0.1, 0.15) is 11.5 Å². The molecular weight excluding hydrogens is 392 g/mol. The Kier molecular flexibility index (Phi) is 6.36. The molecule has 0 aliphatic heterocycles. The molecule has 0 saturated heterocycles. The lowest BCUT2D eigenvalue weighted by atomic mass is 10.1. The SMILES string of the molecule is Cc1ccc(OCC(=O)Nc2ccc(S(=O)(=O)NCc3ccco3)cc2)c(C)c1. The van der Waals surface area contributed by atoms with Crippen LogP contribution in [0.4, 0.5) is 5.69 Å². The van der Waals surface area contributed by atoms with Gasteiger partial charge in [0, 0.05) is 5.69 Å². The number of nitrogens with one attached hydrogen (secondary N) is 2. The Morgan fingerprint density at radius 2 is 1.83 bits per heavy atom. The first-order valence-electron chi connectivity index (χ1n) is 8.95. The van der Waals surface area contributed by atoms with Crippen molar-refractivity contribution >= 4 is 21.6 Å². The van der Waals surface area contributed by atoms with Crippen molar-refractivity contribution in [2.75, 3.05) is 11.9 Å². The van der Waals surface area contributed by atoms with Crippen LogP contribution in [0.1, 0.15) is 16.9 Å². The monoisotopic (exact) mass is 414 g/mol. The van der Waals surface area contributed by atoms with Crippen molar-refractivity contribution in [3.8, 4) is 5.75 Å². The summed E-state index contributed by atoms with van der Waals surface area (Å²) < 4.78 is 37.7. The quantitative estimate of drug-likeness (QED) is 0.589. The summed E-state index contributed by atoms with van der Waals surface area (Å²) >= 11 is 0. The van der Waals surface area contributed by atoms with Gasteiger partial charge in [-0.1, -0.05) is 17.7 Å². The van der Waals surface area contributed by atoms with Crippen molar-refractivity contribution in [1.82, 2.24) is 4.72 Å². The molecule has 0 spiro atoms. The first-order valence-corrected chi connectivity index (χ1v) is 10.4. The molecule has 29 heavy (non-hydrogen) atoms. The van der Waals surface area contributed by atoms with E-state index in [1.807, 2.05) is 32.0 Å². The highest BCUT2D eigenvalue weighted by molar-refractivity contribution is 7.89. The Morgan fingerprint density at radius 1 is 1.07 bits per heavy atom. The van der Waals surface area contributed by atoms with Gasteiger partial charge in [0.2, 0.25) is 10.0 Å². The molecule has 1 amide bonds. The Balaban J connectivity index is 1.54. The highest BCUT2D eigenvalue weighted by Crippen LogP contribution is 2.19. The highest BCUT2D eigenvalue weighted by Gasteiger charge is 2.14. The zero-order chi connectivity index (χ0) is 20.9. The molecule has 7 nitrogen and oxygen atoms in total. The molecule has 0 radical (unpaired) electrons. The van der Waals surface area contributed by atoms with Crippen molar-refractivity contribution in [3.63, 3.8) is 0 Å². The van der Waals surface area contributed by atoms with E-state index < -0.39 is 10.0 Å². The minimum Gasteiger partial charge on any atom is -0.483 e. The largest absolute Gasteiger partial charge is 0.483 e. The van der Waals surface area contributed by atoms with Crippen LogP contribution in [-0.2, 0) is 21.4 Å². The number of ether oxygens (including phenoxy) is 1. The molecule has 0 bridgehead atoms. The normalized spacial score (nSPS) is 11.2. The summed E-state index contributed by atoms with van der Waals surface area (Å²) in [7, 11) is -3.68. The van der Waals surface area contributed by atoms with Gasteiger partial charge in [0.05, 0.1) is 17.7 Å². The van der Waals surface area contributed by atoms with Gasteiger partial charge < -0.3 is 14.5 Å². The van der Waals surface area contributed by atoms with Crippen LogP contribution in [0.5, 0.6) is 5.75 Å². The minimum atomic E-state index is -3.68. The predicted molar refractivity (Wildman–Crippen MR) is 109 cm³/mol. The van der Waals surface area contributed by atoms with E-state index >= 15 is 0 Å². The van der Waals surface area contributed by atoms with E-state index in [2.05, 4.69) is 10.0 Å². The minimum absolute atomic E-state index is 0.0591. The second-order valence-corrected chi connectivity index (χ2v) is 8.30. The third-order valence-corrected chi connectivity index (χ3v) is 5.57. The number of hydrogen-bond donors (Lipinski definition) is 2. The van der Waals surface area contributed by atoms with Gasteiger partial charge in [-0.3, -0.25) is 4.79 Å². The number of hydrogen-bond acceptors (Lipinski definition) is 5. The molecule has 0 atom stereocenters. The predicted octanol–water partition coefficient (Wildman–Crippen LogP) is 3.39. The summed E-state index contributed by atoms with van der Waals surface area (Å²) in [6.45, 7) is 3.82. The smallest absolute Gasteiger partial charge is 0.262 e. The number of sulfonamides is 1. The second kappa shape index (κ2) is 8.93. The number of amides is 1. The van der Waals surface area contributed by atoms with Gasteiger partial charge >= 0.3 is 0 Å². The highest BCUT2D eigenvalue weighted by atomic mass is 32.2. The van der Waals surface area contributed by atoms with Gasteiger partial charge in [0.15, 0.2) is 6.61 Å². The lowest BCUT2D eigenvalue weighted by molar-refractivity contribution is -0.118. The molecule has 152 valence electrons. The average molecular weight is 414 g/mol. The molecule has 3 aromatic rings. The van der Waals surface area contributed by atoms with Crippen molar-refractivity contribution in [2.24, 2.45) is 0 Å². The maximum absolute atomic E-state index is 12.3. The fourth-order valence-electron chi connectivity index (χ4n) is 2.68. The summed E-state index contributed by atoms with van der Waals surface area (Å²) in [4.78, 5) is 12.2. The molecule has 0 aliphatic rings. The number of furan rings is 1. The third-order valence-electron chi connectivity index (χ3n) is 4.15. The van der Waals surface area contributed by atoms with Crippen LogP contribution in [0.15, 0.2) is 70.2 Å². The number of benzene rings is 2. The van der Waals surface area contributed by atoms with E-state index in [1.165, 1.54) is 30.5 Å². The van der Waals surface area contributed by atoms with Gasteiger partial charge in [-0.25, -0.2) is 13.1 Å². The molecule has 3 rings (SSSR count). The number of carbonyl (C=O) groups is 1. The molecule has 0 unspecified atom stereocenters. The molecule has 0 fully saturated rings. The van der Waals surface area contributed by atoms with E-state index in [-0.39, 0.29) is 24.0 Å². The Hall–Kier alpha value is -3.10. The maximum Gasteiger partial charge on any atom is 0.262 e. The zero-order valence-corrected chi connectivity index (χ0v) is 17.0. The van der Waals surface area contributed by atoms with Crippen molar-refractivity contribution < 1.29 is 22.4 Å². The standard InChI is InChI=1S/C21H22N2O5S/c1-15-5-10-20(16(2)12-15)28-14-21(24)23-17-6-8-19(9-7-17)29(25,26)22-13-18-4-3-11-27-18/h3-12,22H,13-14H2,1-2H3,(H,23,24). The number of rotatable bonds is 8. The van der Waals surface area contributed by atoms with Crippen molar-refractivity contribution in [2.45, 2.75) is 25.3 Å². The van der Waals surface area contributed by atoms with E-state index in [4.69, 9.17) is 9.15 Å².